The molecule has 5 nitrogen and oxygen atoms in total. The van der Waals surface area contributed by atoms with E-state index in [-0.39, 0.29) is 0 Å². The van der Waals surface area contributed by atoms with Crippen LogP contribution in [0.15, 0.2) is 22.0 Å². The highest BCUT2D eigenvalue weighted by Gasteiger charge is 2.06. The minimum absolute atomic E-state index is 0.402. The van der Waals surface area contributed by atoms with Crippen LogP contribution in [-0.4, -0.2) is 23.6 Å². The highest BCUT2D eigenvalue weighted by atomic mass is 79.9. The Morgan fingerprint density at radius 1 is 1.29 bits per heavy atom. The van der Waals surface area contributed by atoms with E-state index in [0.717, 1.165) is 35.6 Å². The molecule has 0 aromatic carbocycles. The van der Waals surface area contributed by atoms with E-state index in [1.54, 1.807) is 18.4 Å². The van der Waals surface area contributed by atoms with Crippen LogP contribution in [0.1, 0.15) is 24.0 Å². The van der Waals surface area contributed by atoms with Crippen molar-refractivity contribution in [1.82, 2.24) is 9.97 Å². The first-order valence-electron chi connectivity index (χ1n) is 6.79. The monoisotopic (exact) mass is 370 g/mol. The summed E-state index contributed by atoms with van der Waals surface area (Å²) in [7, 11) is 1.64. The second kappa shape index (κ2) is 8.31. The van der Waals surface area contributed by atoms with Crippen molar-refractivity contribution in [1.29, 1.82) is 0 Å². The molecule has 0 radical (unpaired) electrons. The number of nitrogens with one attached hydrogen (secondary N) is 2. The van der Waals surface area contributed by atoms with E-state index in [1.807, 2.05) is 12.1 Å². The van der Waals surface area contributed by atoms with Crippen LogP contribution >= 0.6 is 27.3 Å². The molecule has 0 aliphatic heterocycles. The van der Waals surface area contributed by atoms with Crippen molar-refractivity contribution in [2.24, 2.45) is 0 Å². The number of nitrogens with zero attached hydrogens (tertiary/aromatic N) is 2. The number of anilines is 2. The molecule has 0 saturated heterocycles. The lowest BCUT2D eigenvalue weighted by Crippen LogP contribution is -2.09. The largest absolute Gasteiger partial charge is 0.377 e. The van der Waals surface area contributed by atoms with Crippen LogP contribution in [0.3, 0.4) is 0 Å². The molecule has 0 unspecified atom stereocenters. The summed E-state index contributed by atoms with van der Waals surface area (Å²) in [6.07, 6.45) is 1.05. The number of hydrogen-bond donors (Lipinski definition) is 2. The lowest BCUT2D eigenvalue weighted by atomic mass is 10.4. The van der Waals surface area contributed by atoms with Crippen molar-refractivity contribution in [3.05, 3.63) is 32.7 Å². The molecule has 0 bridgehead atoms. The minimum Gasteiger partial charge on any atom is -0.377 e. The smallest absolute Gasteiger partial charge is 0.158 e. The molecule has 0 saturated carbocycles. The van der Waals surface area contributed by atoms with Gasteiger partial charge in [0.05, 0.1) is 6.54 Å². The Balaban J connectivity index is 2.09. The third-order valence-corrected chi connectivity index (χ3v) is 4.65. The van der Waals surface area contributed by atoms with Crippen LogP contribution in [0.5, 0.6) is 0 Å². The van der Waals surface area contributed by atoms with Gasteiger partial charge in [-0.1, -0.05) is 6.92 Å². The molecular formula is C14H19BrN4OS. The van der Waals surface area contributed by atoms with Gasteiger partial charge in [-0.15, -0.1) is 11.3 Å². The van der Waals surface area contributed by atoms with Crippen LogP contribution in [0.25, 0.3) is 0 Å². The SMILES string of the molecule is CCCNc1cc(NCc2sccc2Br)nc(COC)n1. The van der Waals surface area contributed by atoms with Crippen molar-refractivity contribution >= 4 is 38.9 Å². The Labute approximate surface area is 137 Å². The van der Waals surface area contributed by atoms with Crippen molar-refractivity contribution in [3.63, 3.8) is 0 Å². The van der Waals surface area contributed by atoms with Crippen LogP contribution < -0.4 is 10.6 Å². The molecule has 114 valence electrons. The molecule has 2 rings (SSSR count). The first kappa shape index (κ1) is 16.2. The second-order valence-corrected chi connectivity index (χ2v) is 6.31. The Kier molecular flexibility index (Phi) is 6.41. The molecular weight excluding hydrogens is 352 g/mol. The van der Waals surface area contributed by atoms with Crippen LogP contribution in [-0.2, 0) is 17.9 Å². The molecule has 0 amide bonds. The van der Waals surface area contributed by atoms with Gasteiger partial charge in [-0.3, -0.25) is 0 Å². The molecule has 0 spiro atoms. The van der Waals surface area contributed by atoms with Gasteiger partial charge in [-0.2, -0.15) is 0 Å². The van der Waals surface area contributed by atoms with Crippen molar-refractivity contribution < 1.29 is 4.74 Å². The molecule has 2 heterocycles. The lowest BCUT2D eigenvalue weighted by molar-refractivity contribution is 0.178. The number of ether oxygens (including phenoxy) is 1. The van der Waals surface area contributed by atoms with Gasteiger partial charge in [-0.25, -0.2) is 9.97 Å². The molecule has 2 aromatic heterocycles. The summed E-state index contributed by atoms with van der Waals surface area (Å²) in [6.45, 7) is 4.14. The van der Waals surface area contributed by atoms with Gasteiger partial charge in [0.25, 0.3) is 0 Å². The average molecular weight is 371 g/mol. The summed E-state index contributed by atoms with van der Waals surface area (Å²) < 4.78 is 6.25. The summed E-state index contributed by atoms with van der Waals surface area (Å²) in [6, 6.07) is 3.97. The van der Waals surface area contributed by atoms with E-state index in [4.69, 9.17) is 4.74 Å². The second-order valence-electron chi connectivity index (χ2n) is 4.46. The number of thiophene rings is 1. The highest BCUT2D eigenvalue weighted by molar-refractivity contribution is 9.10. The summed E-state index contributed by atoms with van der Waals surface area (Å²) in [4.78, 5) is 10.1. The van der Waals surface area contributed by atoms with E-state index in [1.165, 1.54) is 4.88 Å². The maximum absolute atomic E-state index is 5.13. The zero-order chi connectivity index (χ0) is 15.1. The molecule has 0 aliphatic carbocycles. The Morgan fingerprint density at radius 3 is 2.67 bits per heavy atom. The molecule has 0 fully saturated rings. The van der Waals surface area contributed by atoms with Crippen molar-refractivity contribution in [2.45, 2.75) is 26.5 Å². The van der Waals surface area contributed by atoms with E-state index in [2.05, 4.69) is 48.8 Å². The fraction of sp³-hybridized carbons (Fsp3) is 0.429. The quantitative estimate of drug-likeness (QED) is 0.738. The topological polar surface area (TPSA) is 59.1 Å². The maximum Gasteiger partial charge on any atom is 0.158 e. The van der Waals surface area contributed by atoms with Crippen molar-refractivity contribution in [2.75, 3.05) is 24.3 Å². The Morgan fingerprint density at radius 2 is 2.05 bits per heavy atom. The predicted octanol–water partition coefficient (Wildman–Crippen LogP) is 3.88. The molecule has 2 aromatic rings. The van der Waals surface area contributed by atoms with Gasteiger partial charge in [0.2, 0.25) is 0 Å². The summed E-state index contributed by atoms with van der Waals surface area (Å²) in [5.74, 6) is 2.30. The summed E-state index contributed by atoms with van der Waals surface area (Å²) in [5.41, 5.74) is 0. The van der Waals surface area contributed by atoms with Gasteiger partial charge in [0.1, 0.15) is 18.2 Å². The van der Waals surface area contributed by atoms with E-state index in [0.29, 0.717) is 12.4 Å². The molecule has 7 heteroatoms. The maximum atomic E-state index is 5.13. The van der Waals surface area contributed by atoms with Crippen LogP contribution in [0.2, 0.25) is 0 Å². The molecule has 0 aliphatic rings. The fourth-order valence-electron chi connectivity index (χ4n) is 1.75. The minimum atomic E-state index is 0.402. The zero-order valence-corrected chi connectivity index (χ0v) is 14.6. The number of hydrogen-bond acceptors (Lipinski definition) is 6. The number of aromatic nitrogens is 2. The Bertz CT molecular complexity index is 576. The van der Waals surface area contributed by atoms with E-state index >= 15 is 0 Å². The third-order valence-electron chi connectivity index (χ3n) is 2.72. The highest BCUT2D eigenvalue weighted by Crippen LogP contribution is 2.23. The van der Waals surface area contributed by atoms with Crippen LogP contribution in [0.4, 0.5) is 11.6 Å². The first-order chi connectivity index (χ1) is 10.2. The fourth-order valence-corrected chi connectivity index (χ4v) is 3.18. The number of rotatable bonds is 8. The third kappa shape index (κ3) is 4.94. The normalized spacial score (nSPS) is 10.6. The van der Waals surface area contributed by atoms with Gasteiger partial charge in [0, 0.05) is 29.1 Å². The number of methoxy groups -OCH3 is 1. The molecule has 0 atom stereocenters. The van der Waals surface area contributed by atoms with Gasteiger partial charge in [0.15, 0.2) is 5.82 Å². The average Bonchev–Trinajstić information content (AvgIpc) is 2.88. The molecule has 21 heavy (non-hydrogen) atoms. The Hall–Kier alpha value is -1.18. The van der Waals surface area contributed by atoms with Crippen LogP contribution in [0, 0.1) is 0 Å². The first-order valence-corrected chi connectivity index (χ1v) is 8.46. The summed E-state index contributed by atoms with van der Waals surface area (Å²) >= 11 is 5.24. The predicted molar refractivity (Wildman–Crippen MR) is 90.9 cm³/mol. The van der Waals surface area contributed by atoms with Gasteiger partial charge < -0.3 is 15.4 Å². The van der Waals surface area contributed by atoms with E-state index < -0.39 is 0 Å². The molecule has 2 N–H and O–H groups in total. The summed E-state index contributed by atoms with van der Waals surface area (Å²) in [5, 5.41) is 8.68. The van der Waals surface area contributed by atoms with Gasteiger partial charge in [-0.05, 0) is 33.8 Å². The standard InChI is InChI=1S/C14H19BrN4OS/c1-3-5-16-12-7-13(19-14(18-12)9-20-2)17-8-11-10(15)4-6-21-11/h4,6-7H,3,5,8-9H2,1-2H3,(H2,16,17,18,19). The van der Waals surface area contributed by atoms with E-state index in [9.17, 15) is 0 Å². The van der Waals surface area contributed by atoms with Gasteiger partial charge >= 0.3 is 0 Å². The zero-order valence-electron chi connectivity index (χ0n) is 12.1. The van der Waals surface area contributed by atoms with Crippen molar-refractivity contribution in [3.8, 4) is 0 Å². The number of halogens is 1. The lowest BCUT2D eigenvalue weighted by Gasteiger charge is -2.10.